The van der Waals surface area contributed by atoms with Crippen LogP contribution in [-0.4, -0.2) is 58.7 Å². The van der Waals surface area contributed by atoms with E-state index in [1.165, 1.54) is 17.8 Å². The van der Waals surface area contributed by atoms with Crippen molar-refractivity contribution < 1.29 is 27.9 Å². The lowest BCUT2D eigenvalue weighted by atomic mass is 9.81. The Balaban J connectivity index is 1.35. The molecular weight excluding hydrogens is 501 g/mol. The topological polar surface area (TPSA) is 60.9 Å². The van der Waals surface area contributed by atoms with E-state index in [1.54, 1.807) is 34.1 Å². The van der Waals surface area contributed by atoms with Crippen LogP contribution in [0.1, 0.15) is 76.3 Å². The van der Waals surface area contributed by atoms with Gasteiger partial charge in [0.2, 0.25) is 0 Å². The summed E-state index contributed by atoms with van der Waals surface area (Å²) in [5.41, 5.74) is -0.137. The van der Waals surface area contributed by atoms with Crippen molar-refractivity contribution in [3.8, 4) is 5.75 Å². The Bertz CT molecular complexity index is 1200. The molecule has 3 fully saturated rings. The van der Waals surface area contributed by atoms with Gasteiger partial charge in [0.1, 0.15) is 5.75 Å². The van der Waals surface area contributed by atoms with Crippen molar-refractivity contribution in [2.24, 2.45) is 5.92 Å². The number of phenolic OH excluding ortho intramolecular Hbond substituents is 1. The second-order valence-corrected chi connectivity index (χ2v) is 11.2. The highest BCUT2D eigenvalue weighted by Crippen LogP contribution is 2.42. The predicted molar refractivity (Wildman–Crippen MR) is 136 cm³/mol. The van der Waals surface area contributed by atoms with Gasteiger partial charge in [0.05, 0.1) is 17.2 Å². The van der Waals surface area contributed by atoms with E-state index in [0.29, 0.717) is 36.5 Å². The zero-order chi connectivity index (χ0) is 26.3. The van der Waals surface area contributed by atoms with Crippen molar-refractivity contribution in [3.05, 3.63) is 58.7 Å². The molecule has 5 rings (SSSR count). The SMILES string of the molecule is CSc1cccc(C(=O)N2C[C@@H]3CCN(C(=O)c4ccc(C5CCCCC5)c(C(F)(F)F)c4)[C@@H]3C2)c1O. The molecule has 3 aliphatic rings. The van der Waals surface area contributed by atoms with Crippen LogP contribution in [0.15, 0.2) is 41.3 Å². The maximum absolute atomic E-state index is 14.0. The molecule has 1 saturated carbocycles. The second-order valence-electron chi connectivity index (χ2n) is 10.3. The van der Waals surface area contributed by atoms with Crippen LogP contribution in [0.5, 0.6) is 5.75 Å². The first-order valence-electron chi connectivity index (χ1n) is 12.9. The van der Waals surface area contributed by atoms with Crippen molar-refractivity contribution >= 4 is 23.6 Å². The van der Waals surface area contributed by atoms with Gasteiger partial charge in [-0.1, -0.05) is 31.4 Å². The number of nitrogens with zero attached hydrogens (tertiary/aromatic N) is 2. The fraction of sp³-hybridized carbons (Fsp3) is 0.500. The molecule has 0 bridgehead atoms. The molecule has 2 aromatic carbocycles. The zero-order valence-corrected chi connectivity index (χ0v) is 21.6. The smallest absolute Gasteiger partial charge is 0.416 e. The summed E-state index contributed by atoms with van der Waals surface area (Å²) < 4.78 is 42.1. The Labute approximate surface area is 219 Å². The molecule has 0 unspecified atom stereocenters. The van der Waals surface area contributed by atoms with E-state index in [4.69, 9.17) is 0 Å². The summed E-state index contributed by atoms with van der Waals surface area (Å²) in [6.07, 6.45) is 2.36. The number of hydrogen-bond acceptors (Lipinski definition) is 4. The number of likely N-dealkylation sites (tertiary alicyclic amines) is 2. The number of hydrogen-bond donors (Lipinski definition) is 1. The van der Waals surface area contributed by atoms with Gasteiger partial charge in [0.25, 0.3) is 11.8 Å². The lowest BCUT2D eigenvalue weighted by Crippen LogP contribution is -2.40. The summed E-state index contributed by atoms with van der Waals surface area (Å²) in [7, 11) is 0. The van der Waals surface area contributed by atoms with Crippen molar-refractivity contribution in [1.29, 1.82) is 0 Å². The molecule has 2 atom stereocenters. The number of carbonyl (C=O) groups excluding carboxylic acids is 2. The molecule has 1 N–H and O–H groups in total. The Morgan fingerprint density at radius 1 is 1.00 bits per heavy atom. The zero-order valence-electron chi connectivity index (χ0n) is 20.8. The number of phenols is 1. The molecule has 0 aromatic heterocycles. The average Bonchev–Trinajstić information content (AvgIpc) is 3.49. The minimum Gasteiger partial charge on any atom is -0.506 e. The molecule has 2 aliphatic heterocycles. The van der Waals surface area contributed by atoms with Gasteiger partial charge in [-0.3, -0.25) is 9.59 Å². The number of rotatable bonds is 4. The fourth-order valence-corrected chi connectivity index (χ4v) is 6.80. The van der Waals surface area contributed by atoms with Gasteiger partial charge in [-0.05, 0) is 61.3 Å². The quantitative estimate of drug-likeness (QED) is 0.479. The number of fused-ring (bicyclic) bond motifs is 1. The first-order valence-corrected chi connectivity index (χ1v) is 14.1. The standard InChI is InChI=1S/C28H31F3N2O3S/c1-37-24-9-5-8-21(25(24)34)27(36)32-15-19-12-13-33(23(19)16-32)26(35)18-10-11-20(17-6-3-2-4-7-17)22(14-18)28(29,30)31/h5,8-11,14,17,19,23,34H,2-4,6-7,12-13,15-16H2,1H3/t19-,23+/m0/s1. The second kappa shape index (κ2) is 10.2. The predicted octanol–water partition coefficient (Wildman–Crippen LogP) is 6.17. The number of aromatic hydroxyl groups is 1. The fourth-order valence-electron chi connectivity index (χ4n) is 6.28. The summed E-state index contributed by atoms with van der Waals surface area (Å²) in [6.45, 7) is 1.20. The number of benzene rings is 2. The van der Waals surface area contributed by atoms with Crippen LogP contribution in [0.25, 0.3) is 0 Å². The van der Waals surface area contributed by atoms with Gasteiger partial charge in [-0.25, -0.2) is 0 Å². The van der Waals surface area contributed by atoms with Gasteiger partial charge in [-0.2, -0.15) is 13.2 Å². The van der Waals surface area contributed by atoms with Crippen molar-refractivity contribution in [3.63, 3.8) is 0 Å². The van der Waals surface area contributed by atoms with E-state index in [0.717, 1.165) is 38.2 Å². The first kappa shape index (κ1) is 25.9. The number of thioether (sulfide) groups is 1. The van der Waals surface area contributed by atoms with E-state index in [1.807, 2.05) is 6.26 Å². The highest BCUT2D eigenvalue weighted by molar-refractivity contribution is 7.98. The van der Waals surface area contributed by atoms with Gasteiger partial charge >= 0.3 is 6.18 Å². The lowest BCUT2D eigenvalue weighted by molar-refractivity contribution is -0.138. The molecule has 2 saturated heterocycles. The molecule has 2 amide bonds. The van der Waals surface area contributed by atoms with Crippen molar-refractivity contribution in [2.75, 3.05) is 25.9 Å². The Morgan fingerprint density at radius 3 is 2.46 bits per heavy atom. The van der Waals surface area contributed by atoms with Crippen LogP contribution in [-0.2, 0) is 6.18 Å². The van der Waals surface area contributed by atoms with Crippen LogP contribution in [0.2, 0.25) is 0 Å². The highest BCUT2D eigenvalue weighted by Gasteiger charge is 2.46. The third kappa shape index (κ3) is 4.94. The average molecular weight is 533 g/mol. The van der Waals surface area contributed by atoms with Crippen molar-refractivity contribution in [2.45, 2.75) is 61.6 Å². The molecule has 9 heteroatoms. The lowest BCUT2D eigenvalue weighted by Gasteiger charge is -2.27. The minimum atomic E-state index is -4.53. The Kier molecular flexibility index (Phi) is 7.18. The van der Waals surface area contributed by atoms with E-state index >= 15 is 0 Å². The monoisotopic (exact) mass is 532 g/mol. The Hall–Kier alpha value is -2.68. The van der Waals surface area contributed by atoms with E-state index in [2.05, 4.69) is 0 Å². The molecule has 0 spiro atoms. The molecule has 2 heterocycles. The third-order valence-electron chi connectivity index (χ3n) is 8.20. The first-order chi connectivity index (χ1) is 17.7. The van der Waals surface area contributed by atoms with Crippen LogP contribution in [0.4, 0.5) is 13.2 Å². The highest BCUT2D eigenvalue weighted by atomic mass is 32.2. The van der Waals surface area contributed by atoms with E-state index in [9.17, 15) is 27.9 Å². The maximum Gasteiger partial charge on any atom is 0.416 e. The molecule has 2 aromatic rings. The van der Waals surface area contributed by atoms with Crippen LogP contribution in [0.3, 0.4) is 0 Å². The van der Waals surface area contributed by atoms with Crippen LogP contribution >= 0.6 is 11.8 Å². The van der Waals surface area contributed by atoms with Gasteiger partial charge in [0, 0.05) is 36.0 Å². The number of carbonyl (C=O) groups is 2. The molecule has 0 radical (unpaired) electrons. The largest absolute Gasteiger partial charge is 0.506 e. The summed E-state index contributed by atoms with van der Waals surface area (Å²) in [4.78, 5) is 30.5. The van der Waals surface area contributed by atoms with Gasteiger partial charge < -0.3 is 14.9 Å². The molecular formula is C28H31F3N2O3S. The van der Waals surface area contributed by atoms with Crippen LogP contribution < -0.4 is 0 Å². The van der Waals surface area contributed by atoms with Gasteiger partial charge in [0.15, 0.2) is 0 Å². The molecule has 5 nitrogen and oxygen atoms in total. The number of amides is 2. The minimum absolute atomic E-state index is 0.0441. The maximum atomic E-state index is 14.0. The van der Waals surface area contributed by atoms with E-state index < -0.39 is 17.6 Å². The van der Waals surface area contributed by atoms with E-state index in [-0.39, 0.29) is 40.7 Å². The number of para-hydroxylation sites is 1. The molecule has 1 aliphatic carbocycles. The molecule has 198 valence electrons. The summed E-state index contributed by atoms with van der Waals surface area (Å²) >= 11 is 1.35. The van der Waals surface area contributed by atoms with Gasteiger partial charge in [-0.15, -0.1) is 11.8 Å². The summed E-state index contributed by atoms with van der Waals surface area (Å²) in [5.74, 6) is -0.840. The third-order valence-corrected chi connectivity index (χ3v) is 8.96. The molecule has 37 heavy (non-hydrogen) atoms. The summed E-state index contributed by atoms with van der Waals surface area (Å²) in [6, 6.07) is 8.87. The summed E-state index contributed by atoms with van der Waals surface area (Å²) in [5, 5.41) is 10.5. The number of alkyl halides is 3. The Morgan fingerprint density at radius 2 is 1.76 bits per heavy atom. The number of halogens is 3. The van der Waals surface area contributed by atoms with Crippen molar-refractivity contribution in [1.82, 2.24) is 9.80 Å². The normalized spacial score (nSPS) is 22.4. The van der Waals surface area contributed by atoms with Crippen LogP contribution in [0, 0.1) is 5.92 Å².